The van der Waals surface area contributed by atoms with E-state index in [1.54, 1.807) is 0 Å². The molecule has 0 spiro atoms. The molecule has 1 aromatic carbocycles. The molecular weight excluding hydrogens is 256 g/mol. The Bertz CT molecular complexity index is 567. The molecule has 1 fully saturated rings. The largest absolute Gasteiger partial charge is 0.314 e. The summed E-state index contributed by atoms with van der Waals surface area (Å²) in [7, 11) is 0. The van der Waals surface area contributed by atoms with Crippen molar-refractivity contribution in [2.24, 2.45) is 5.92 Å². The molecule has 1 aliphatic carbocycles. The van der Waals surface area contributed by atoms with Gasteiger partial charge in [0.2, 0.25) is 0 Å². The molecule has 2 nitrogen and oxygen atoms in total. The van der Waals surface area contributed by atoms with Gasteiger partial charge in [0.05, 0.1) is 5.52 Å². The number of benzene rings is 1. The standard InChI is InChI=1S/C19H26N2/c1-15(16-7-3-2-4-8-16)20-14-12-18-10-5-9-17-11-6-13-21-19(17)18/h5-6,9-11,13,15-16,20H,2-4,7-8,12,14H2,1H3. The Hall–Kier alpha value is -1.41. The van der Waals surface area contributed by atoms with Crippen LogP contribution in [0.3, 0.4) is 0 Å². The Morgan fingerprint density at radius 1 is 1.14 bits per heavy atom. The van der Waals surface area contributed by atoms with Gasteiger partial charge in [0.15, 0.2) is 0 Å². The molecule has 2 heteroatoms. The Balaban J connectivity index is 1.56. The van der Waals surface area contributed by atoms with Crippen LogP contribution in [0.1, 0.15) is 44.6 Å². The third kappa shape index (κ3) is 3.62. The Kier molecular flexibility index (Phi) is 4.87. The normalized spacial score (nSPS) is 18.0. The van der Waals surface area contributed by atoms with Crippen LogP contribution in [-0.2, 0) is 6.42 Å². The van der Waals surface area contributed by atoms with Crippen molar-refractivity contribution in [3.8, 4) is 0 Å². The number of rotatable bonds is 5. The molecule has 1 atom stereocenters. The smallest absolute Gasteiger partial charge is 0.0734 e. The van der Waals surface area contributed by atoms with Crippen molar-refractivity contribution in [1.82, 2.24) is 10.3 Å². The van der Waals surface area contributed by atoms with E-state index in [0.717, 1.165) is 24.4 Å². The highest BCUT2D eigenvalue weighted by Gasteiger charge is 2.19. The maximum Gasteiger partial charge on any atom is 0.0734 e. The lowest BCUT2D eigenvalue weighted by atomic mass is 9.84. The molecule has 1 unspecified atom stereocenters. The van der Waals surface area contributed by atoms with Gasteiger partial charge >= 0.3 is 0 Å². The molecule has 0 radical (unpaired) electrons. The molecule has 1 heterocycles. The first kappa shape index (κ1) is 14.5. The maximum absolute atomic E-state index is 4.54. The van der Waals surface area contributed by atoms with E-state index >= 15 is 0 Å². The van der Waals surface area contributed by atoms with Gasteiger partial charge in [0.1, 0.15) is 0 Å². The molecule has 1 aromatic heterocycles. The Labute approximate surface area is 128 Å². The van der Waals surface area contributed by atoms with E-state index in [4.69, 9.17) is 0 Å². The van der Waals surface area contributed by atoms with Crippen molar-refractivity contribution < 1.29 is 0 Å². The van der Waals surface area contributed by atoms with Gasteiger partial charge in [-0.2, -0.15) is 0 Å². The van der Waals surface area contributed by atoms with Crippen LogP contribution < -0.4 is 5.32 Å². The van der Waals surface area contributed by atoms with Crippen LogP contribution >= 0.6 is 0 Å². The van der Waals surface area contributed by atoms with Crippen LogP contribution in [0.5, 0.6) is 0 Å². The van der Waals surface area contributed by atoms with Crippen LogP contribution in [0.25, 0.3) is 10.9 Å². The minimum absolute atomic E-state index is 0.647. The van der Waals surface area contributed by atoms with Crippen molar-refractivity contribution in [2.75, 3.05) is 6.54 Å². The monoisotopic (exact) mass is 282 g/mol. The molecule has 21 heavy (non-hydrogen) atoms. The summed E-state index contributed by atoms with van der Waals surface area (Å²) in [5.74, 6) is 0.879. The van der Waals surface area contributed by atoms with Crippen molar-refractivity contribution >= 4 is 10.9 Å². The van der Waals surface area contributed by atoms with E-state index in [2.05, 4.69) is 41.5 Å². The van der Waals surface area contributed by atoms with Crippen molar-refractivity contribution in [3.63, 3.8) is 0 Å². The highest BCUT2D eigenvalue weighted by atomic mass is 14.9. The molecule has 112 valence electrons. The molecule has 0 amide bonds. The minimum atomic E-state index is 0.647. The number of aromatic nitrogens is 1. The average Bonchev–Trinajstić information content (AvgIpc) is 2.56. The van der Waals surface area contributed by atoms with Crippen molar-refractivity contribution in [1.29, 1.82) is 0 Å². The van der Waals surface area contributed by atoms with Crippen LogP contribution in [0.2, 0.25) is 0 Å². The lowest BCUT2D eigenvalue weighted by molar-refractivity contribution is 0.283. The fraction of sp³-hybridized carbons (Fsp3) is 0.526. The first-order valence-electron chi connectivity index (χ1n) is 8.40. The molecule has 0 aliphatic heterocycles. The summed E-state index contributed by atoms with van der Waals surface area (Å²) in [6.45, 7) is 3.41. The second-order valence-corrected chi connectivity index (χ2v) is 6.38. The van der Waals surface area contributed by atoms with E-state index < -0.39 is 0 Å². The summed E-state index contributed by atoms with van der Waals surface area (Å²) in [6.07, 6.45) is 10.0. The van der Waals surface area contributed by atoms with Crippen LogP contribution in [-0.4, -0.2) is 17.6 Å². The van der Waals surface area contributed by atoms with E-state index in [0.29, 0.717) is 6.04 Å². The van der Waals surface area contributed by atoms with Gasteiger partial charge in [0, 0.05) is 17.6 Å². The zero-order chi connectivity index (χ0) is 14.5. The molecule has 0 bridgehead atoms. The average molecular weight is 282 g/mol. The second kappa shape index (κ2) is 7.04. The first-order chi connectivity index (χ1) is 10.3. The number of fused-ring (bicyclic) bond motifs is 1. The molecule has 1 aliphatic rings. The summed E-state index contributed by atoms with van der Waals surface area (Å²) >= 11 is 0. The van der Waals surface area contributed by atoms with Crippen LogP contribution in [0, 0.1) is 5.92 Å². The summed E-state index contributed by atoms with van der Waals surface area (Å²) in [5, 5.41) is 4.98. The van der Waals surface area contributed by atoms with Crippen LogP contribution in [0.4, 0.5) is 0 Å². The third-order valence-electron chi connectivity index (χ3n) is 4.93. The van der Waals surface area contributed by atoms with Gasteiger partial charge < -0.3 is 5.32 Å². The zero-order valence-corrected chi connectivity index (χ0v) is 13.0. The van der Waals surface area contributed by atoms with Gasteiger partial charge in [-0.25, -0.2) is 0 Å². The molecule has 1 saturated carbocycles. The Morgan fingerprint density at radius 2 is 1.95 bits per heavy atom. The summed E-state index contributed by atoms with van der Waals surface area (Å²) in [6, 6.07) is 11.3. The summed E-state index contributed by atoms with van der Waals surface area (Å²) in [4.78, 5) is 4.54. The highest BCUT2D eigenvalue weighted by molar-refractivity contribution is 5.81. The van der Waals surface area contributed by atoms with Gasteiger partial charge in [-0.15, -0.1) is 0 Å². The highest BCUT2D eigenvalue weighted by Crippen LogP contribution is 2.26. The number of pyridine rings is 1. The van der Waals surface area contributed by atoms with Crippen LogP contribution in [0.15, 0.2) is 36.5 Å². The van der Waals surface area contributed by atoms with Gasteiger partial charge in [-0.1, -0.05) is 43.5 Å². The number of para-hydroxylation sites is 1. The van der Waals surface area contributed by atoms with E-state index in [1.807, 2.05) is 12.3 Å². The molecule has 0 saturated heterocycles. The number of hydrogen-bond donors (Lipinski definition) is 1. The van der Waals surface area contributed by atoms with Crippen molar-refractivity contribution in [2.45, 2.75) is 51.5 Å². The van der Waals surface area contributed by atoms with Gasteiger partial charge in [0.25, 0.3) is 0 Å². The SMILES string of the molecule is CC(NCCc1cccc2cccnc12)C1CCCCC1. The third-order valence-corrected chi connectivity index (χ3v) is 4.93. The van der Waals surface area contributed by atoms with Gasteiger partial charge in [-0.3, -0.25) is 4.98 Å². The number of nitrogens with zero attached hydrogens (tertiary/aromatic N) is 1. The maximum atomic E-state index is 4.54. The zero-order valence-electron chi connectivity index (χ0n) is 13.0. The summed E-state index contributed by atoms with van der Waals surface area (Å²) in [5.41, 5.74) is 2.52. The molecule has 3 rings (SSSR count). The minimum Gasteiger partial charge on any atom is -0.314 e. The number of nitrogens with one attached hydrogen (secondary N) is 1. The molecule has 2 aromatic rings. The van der Waals surface area contributed by atoms with E-state index in [9.17, 15) is 0 Å². The first-order valence-corrected chi connectivity index (χ1v) is 8.40. The predicted octanol–water partition coefficient (Wildman–Crippen LogP) is 4.34. The molecular formula is C19H26N2. The lowest BCUT2D eigenvalue weighted by Gasteiger charge is -2.28. The quantitative estimate of drug-likeness (QED) is 0.882. The topological polar surface area (TPSA) is 24.9 Å². The van der Waals surface area contributed by atoms with Gasteiger partial charge in [-0.05, 0) is 50.3 Å². The van der Waals surface area contributed by atoms with Crippen molar-refractivity contribution in [3.05, 3.63) is 42.1 Å². The fourth-order valence-corrected chi connectivity index (χ4v) is 3.60. The van der Waals surface area contributed by atoms with E-state index in [-0.39, 0.29) is 0 Å². The fourth-order valence-electron chi connectivity index (χ4n) is 3.60. The summed E-state index contributed by atoms with van der Waals surface area (Å²) < 4.78 is 0. The second-order valence-electron chi connectivity index (χ2n) is 6.38. The number of hydrogen-bond acceptors (Lipinski definition) is 2. The Morgan fingerprint density at radius 3 is 2.81 bits per heavy atom. The predicted molar refractivity (Wildman–Crippen MR) is 89.5 cm³/mol. The lowest BCUT2D eigenvalue weighted by Crippen LogP contribution is -2.35. The van der Waals surface area contributed by atoms with E-state index in [1.165, 1.54) is 43.1 Å². The molecule has 1 N–H and O–H groups in total.